The molecule has 1 aliphatic heterocycles. The number of likely N-dealkylation sites (tertiary alicyclic amines) is 1. The van der Waals surface area contributed by atoms with Crippen molar-refractivity contribution in [3.63, 3.8) is 0 Å². The highest BCUT2D eigenvalue weighted by atomic mass is 19.4. The van der Waals surface area contributed by atoms with E-state index in [2.05, 4.69) is 25.0 Å². The van der Waals surface area contributed by atoms with E-state index in [4.69, 9.17) is 4.52 Å². The fraction of sp³-hybridized carbons (Fsp3) is 0.320. The molecule has 0 aliphatic carbocycles. The van der Waals surface area contributed by atoms with Gasteiger partial charge in [0.05, 0.1) is 29.6 Å². The molecular formula is C25H21F6N5O. The second-order valence-electron chi connectivity index (χ2n) is 8.90. The van der Waals surface area contributed by atoms with Crippen LogP contribution in [0.1, 0.15) is 41.6 Å². The van der Waals surface area contributed by atoms with Crippen LogP contribution in [0.15, 0.2) is 59.3 Å². The van der Waals surface area contributed by atoms with Gasteiger partial charge in [-0.05, 0) is 55.8 Å². The molecule has 4 aromatic rings. The summed E-state index contributed by atoms with van der Waals surface area (Å²) < 4.78 is 82.6. The number of halogens is 6. The van der Waals surface area contributed by atoms with E-state index in [0.717, 1.165) is 42.9 Å². The van der Waals surface area contributed by atoms with E-state index in [1.807, 2.05) is 0 Å². The van der Waals surface area contributed by atoms with Gasteiger partial charge in [0.1, 0.15) is 5.82 Å². The average molecular weight is 521 g/mol. The summed E-state index contributed by atoms with van der Waals surface area (Å²) in [6.45, 7) is 1.79. The quantitative estimate of drug-likeness (QED) is 0.302. The molecule has 2 aromatic carbocycles. The number of nitrogens with one attached hydrogen (secondary N) is 1. The zero-order chi connectivity index (χ0) is 26.2. The zero-order valence-electron chi connectivity index (χ0n) is 19.3. The van der Waals surface area contributed by atoms with Crippen molar-refractivity contribution in [3.05, 3.63) is 77.6 Å². The minimum absolute atomic E-state index is 0.0994. The van der Waals surface area contributed by atoms with Crippen LogP contribution in [0.5, 0.6) is 0 Å². The number of H-pyrrole nitrogens is 1. The monoisotopic (exact) mass is 521 g/mol. The Morgan fingerprint density at radius 2 is 1.59 bits per heavy atom. The van der Waals surface area contributed by atoms with Gasteiger partial charge in [0.15, 0.2) is 0 Å². The Balaban J connectivity index is 1.17. The Hall–Kier alpha value is -3.67. The van der Waals surface area contributed by atoms with Gasteiger partial charge in [-0.25, -0.2) is 4.98 Å². The number of benzene rings is 2. The lowest BCUT2D eigenvalue weighted by molar-refractivity contribution is -0.138. The second kappa shape index (κ2) is 9.66. The molecule has 12 heteroatoms. The third-order valence-corrected chi connectivity index (χ3v) is 6.37. The number of nitrogens with zero attached hydrogens (tertiary/aromatic N) is 4. The van der Waals surface area contributed by atoms with Gasteiger partial charge in [0.2, 0.25) is 11.7 Å². The molecule has 6 nitrogen and oxygen atoms in total. The first kappa shape index (κ1) is 25.0. The smallest absolute Gasteiger partial charge is 0.342 e. The largest absolute Gasteiger partial charge is 0.416 e. The minimum Gasteiger partial charge on any atom is -0.342 e. The van der Waals surface area contributed by atoms with Crippen molar-refractivity contribution < 1.29 is 30.9 Å². The summed E-state index contributed by atoms with van der Waals surface area (Å²) in [5.41, 5.74) is 0.0193. The SMILES string of the molecule is FC(F)(F)c1ccc(-c2cnc(C3CCN(Cc4nc(-c5cccc(C(F)(F)F)c5)no4)CC3)[nH]2)cc1. The molecule has 0 saturated carbocycles. The lowest BCUT2D eigenvalue weighted by atomic mass is 9.96. The normalized spacial score (nSPS) is 15.8. The maximum atomic E-state index is 13.0. The van der Waals surface area contributed by atoms with Crippen molar-refractivity contribution in [3.8, 4) is 22.6 Å². The summed E-state index contributed by atoms with van der Waals surface area (Å²) in [6.07, 6.45) is -5.65. The van der Waals surface area contributed by atoms with E-state index in [0.29, 0.717) is 36.8 Å². The summed E-state index contributed by atoms with van der Waals surface area (Å²) in [7, 11) is 0. The lowest BCUT2D eigenvalue weighted by Gasteiger charge is -2.29. The number of rotatable bonds is 5. The van der Waals surface area contributed by atoms with Crippen molar-refractivity contribution >= 4 is 0 Å². The number of aromatic nitrogens is 4. The molecule has 0 unspecified atom stereocenters. The molecule has 0 spiro atoms. The van der Waals surface area contributed by atoms with Gasteiger partial charge >= 0.3 is 12.4 Å². The van der Waals surface area contributed by atoms with Crippen molar-refractivity contribution in [2.45, 2.75) is 37.7 Å². The molecule has 194 valence electrons. The van der Waals surface area contributed by atoms with Gasteiger partial charge in [-0.2, -0.15) is 31.3 Å². The lowest BCUT2D eigenvalue weighted by Crippen LogP contribution is -2.32. The van der Waals surface area contributed by atoms with Gasteiger partial charge in [-0.1, -0.05) is 29.4 Å². The summed E-state index contributed by atoms with van der Waals surface area (Å²) in [5.74, 6) is 1.35. The van der Waals surface area contributed by atoms with Gasteiger partial charge in [-0.15, -0.1) is 0 Å². The highest BCUT2D eigenvalue weighted by Crippen LogP contribution is 2.33. The molecule has 1 fully saturated rings. The Morgan fingerprint density at radius 1 is 0.892 bits per heavy atom. The van der Waals surface area contributed by atoms with E-state index in [9.17, 15) is 26.3 Å². The van der Waals surface area contributed by atoms with Crippen LogP contribution in [0.4, 0.5) is 26.3 Å². The van der Waals surface area contributed by atoms with Gasteiger partial charge in [-0.3, -0.25) is 4.90 Å². The summed E-state index contributed by atoms with van der Waals surface area (Å²) in [6, 6.07) is 9.70. The number of hydrogen-bond acceptors (Lipinski definition) is 5. The molecule has 37 heavy (non-hydrogen) atoms. The summed E-state index contributed by atoms with van der Waals surface area (Å²) in [5, 5.41) is 3.83. The van der Waals surface area contributed by atoms with E-state index in [-0.39, 0.29) is 17.3 Å². The van der Waals surface area contributed by atoms with Crippen LogP contribution in [-0.4, -0.2) is 38.1 Å². The molecule has 0 atom stereocenters. The number of piperidine rings is 1. The molecule has 2 aromatic heterocycles. The van der Waals surface area contributed by atoms with E-state index in [1.165, 1.54) is 24.3 Å². The molecule has 1 N–H and O–H groups in total. The highest BCUT2D eigenvalue weighted by Gasteiger charge is 2.31. The number of alkyl halides is 6. The van der Waals surface area contributed by atoms with Gasteiger partial charge in [0.25, 0.3) is 0 Å². The average Bonchev–Trinajstić information content (AvgIpc) is 3.54. The first-order valence-electron chi connectivity index (χ1n) is 11.5. The van der Waals surface area contributed by atoms with Crippen molar-refractivity contribution in [1.82, 2.24) is 25.0 Å². The van der Waals surface area contributed by atoms with Crippen LogP contribution in [0.25, 0.3) is 22.6 Å². The van der Waals surface area contributed by atoms with Crippen LogP contribution in [0.3, 0.4) is 0 Å². The number of aromatic amines is 1. The molecule has 5 rings (SSSR count). The molecule has 0 bridgehead atoms. The van der Waals surface area contributed by atoms with Gasteiger partial charge in [0, 0.05) is 11.5 Å². The molecular weight excluding hydrogens is 500 g/mol. The van der Waals surface area contributed by atoms with E-state index in [1.54, 1.807) is 6.20 Å². The third kappa shape index (κ3) is 5.68. The number of hydrogen-bond donors (Lipinski definition) is 1. The first-order valence-corrected chi connectivity index (χ1v) is 11.5. The molecule has 0 radical (unpaired) electrons. The van der Waals surface area contributed by atoms with Crippen LogP contribution in [0, 0.1) is 0 Å². The van der Waals surface area contributed by atoms with Crippen LogP contribution < -0.4 is 0 Å². The third-order valence-electron chi connectivity index (χ3n) is 6.37. The molecule has 0 amide bonds. The van der Waals surface area contributed by atoms with Crippen molar-refractivity contribution in [2.75, 3.05) is 13.1 Å². The van der Waals surface area contributed by atoms with Crippen molar-refractivity contribution in [2.24, 2.45) is 0 Å². The Morgan fingerprint density at radius 3 is 2.27 bits per heavy atom. The molecule has 1 saturated heterocycles. The summed E-state index contributed by atoms with van der Waals surface area (Å²) in [4.78, 5) is 14.0. The van der Waals surface area contributed by atoms with Crippen molar-refractivity contribution in [1.29, 1.82) is 0 Å². The van der Waals surface area contributed by atoms with E-state index >= 15 is 0 Å². The topological polar surface area (TPSA) is 70.8 Å². The second-order valence-corrected chi connectivity index (χ2v) is 8.90. The maximum absolute atomic E-state index is 13.0. The predicted octanol–water partition coefficient (Wildman–Crippen LogP) is 6.54. The first-order chi connectivity index (χ1) is 17.6. The van der Waals surface area contributed by atoms with E-state index < -0.39 is 23.5 Å². The zero-order valence-corrected chi connectivity index (χ0v) is 19.3. The Bertz CT molecular complexity index is 1350. The maximum Gasteiger partial charge on any atom is 0.416 e. The standard InChI is InChI=1S/C25H21F6N5O/c26-24(27,28)18-6-4-15(5-7-18)20-13-32-22(33-20)16-8-10-36(11-9-16)14-21-34-23(35-37-21)17-2-1-3-19(12-17)25(29,30)31/h1-7,12-13,16H,8-11,14H2,(H,32,33). The molecule has 3 heterocycles. The molecule has 1 aliphatic rings. The minimum atomic E-state index is -4.46. The fourth-order valence-electron chi connectivity index (χ4n) is 4.36. The van der Waals surface area contributed by atoms with Crippen LogP contribution in [-0.2, 0) is 18.9 Å². The highest BCUT2D eigenvalue weighted by molar-refractivity contribution is 5.59. The van der Waals surface area contributed by atoms with Crippen LogP contribution >= 0.6 is 0 Å². The van der Waals surface area contributed by atoms with Crippen LogP contribution in [0.2, 0.25) is 0 Å². The summed E-state index contributed by atoms with van der Waals surface area (Å²) >= 11 is 0. The Kier molecular flexibility index (Phi) is 6.52. The fourth-order valence-corrected chi connectivity index (χ4v) is 4.36. The Labute approximate surface area is 207 Å². The van der Waals surface area contributed by atoms with Gasteiger partial charge < -0.3 is 9.51 Å². The predicted molar refractivity (Wildman–Crippen MR) is 121 cm³/mol. The number of imidazole rings is 1.